The summed E-state index contributed by atoms with van der Waals surface area (Å²) in [6.07, 6.45) is -0.0634. The van der Waals surface area contributed by atoms with Crippen molar-refractivity contribution in [2.75, 3.05) is 0 Å². The van der Waals surface area contributed by atoms with Crippen molar-refractivity contribution >= 4 is 5.91 Å². The first-order valence-electron chi connectivity index (χ1n) is 10.5. The SMILES string of the molecule is CC(C)(C)c1ccc(C(=O)NC2C(C)(C)C(Oc3ccc(C#N)cc3)C2(C)C)cc1. The Balaban J connectivity index is 1.72. The summed E-state index contributed by atoms with van der Waals surface area (Å²) in [4.78, 5) is 12.9. The fourth-order valence-electron chi connectivity index (χ4n) is 4.88. The lowest BCUT2D eigenvalue weighted by Gasteiger charge is -2.63. The van der Waals surface area contributed by atoms with Crippen molar-refractivity contribution in [1.82, 2.24) is 5.32 Å². The first-order valence-corrected chi connectivity index (χ1v) is 10.5. The largest absolute Gasteiger partial charge is 0.489 e. The van der Waals surface area contributed by atoms with Gasteiger partial charge in [-0.2, -0.15) is 5.26 Å². The minimum Gasteiger partial charge on any atom is -0.489 e. The van der Waals surface area contributed by atoms with Crippen LogP contribution < -0.4 is 10.1 Å². The minimum absolute atomic E-state index is 0.0248. The smallest absolute Gasteiger partial charge is 0.251 e. The molecule has 1 aliphatic rings. The van der Waals surface area contributed by atoms with E-state index in [1.54, 1.807) is 12.1 Å². The van der Waals surface area contributed by atoms with Crippen LogP contribution in [0.4, 0.5) is 0 Å². The van der Waals surface area contributed by atoms with Crippen LogP contribution in [0.25, 0.3) is 0 Å². The van der Waals surface area contributed by atoms with E-state index in [4.69, 9.17) is 10.00 Å². The Labute approximate surface area is 180 Å². The van der Waals surface area contributed by atoms with Gasteiger partial charge in [0.15, 0.2) is 0 Å². The number of benzene rings is 2. The van der Waals surface area contributed by atoms with Gasteiger partial charge in [0.1, 0.15) is 11.9 Å². The number of hydrogen-bond acceptors (Lipinski definition) is 3. The highest BCUT2D eigenvalue weighted by molar-refractivity contribution is 5.94. The monoisotopic (exact) mass is 404 g/mol. The zero-order valence-corrected chi connectivity index (χ0v) is 19.0. The Kier molecular flexibility index (Phi) is 5.45. The highest BCUT2D eigenvalue weighted by Gasteiger charge is 2.64. The van der Waals surface area contributed by atoms with Gasteiger partial charge in [0.05, 0.1) is 11.6 Å². The molecule has 0 atom stereocenters. The average Bonchev–Trinajstić information content (AvgIpc) is 2.69. The molecule has 1 amide bonds. The molecule has 0 aliphatic heterocycles. The van der Waals surface area contributed by atoms with Crippen molar-refractivity contribution in [2.24, 2.45) is 10.8 Å². The van der Waals surface area contributed by atoms with Crippen LogP contribution in [0, 0.1) is 22.2 Å². The molecule has 2 aromatic carbocycles. The highest BCUT2D eigenvalue weighted by Crippen LogP contribution is 2.55. The van der Waals surface area contributed by atoms with Crippen molar-refractivity contribution in [3.8, 4) is 11.8 Å². The van der Waals surface area contributed by atoms with E-state index in [0.717, 1.165) is 5.75 Å². The van der Waals surface area contributed by atoms with E-state index in [1.165, 1.54) is 5.56 Å². The second kappa shape index (κ2) is 7.47. The third-order valence-electron chi connectivity index (χ3n) is 6.37. The van der Waals surface area contributed by atoms with Gasteiger partial charge in [-0.05, 0) is 47.4 Å². The van der Waals surface area contributed by atoms with Crippen LogP contribution in [0.3, 0.4) is 0 Å². The lowest BCUT2D eigenvalue weighted by atomic mass is 9.49. The minimum atomic E-state index is -0.238. The molecule has 0 unspecified atom stereocenters. The number of rotatable bonds is 4. The predicted octanol–water partition coefficient (Wildman–Crippen LogP) is 5.47. The Hall–Kier alpha value is -2.80. The summed E-state index contributed by atoms with van der Waals surface area (Å²) >= 11 is 0. The van der Waals surface area contributed by atoms with Gasteiger partial charge >= 0.3 is 0 Å². The summed E-state index contributed by atoms with van der Waals surface area (Å²) in [7, 11) is 0. The standard InChI is InChI=1S/C26H32N2O2/c1-24(2,3)19-12-10-18(11-13-19)21(29)28-22-25(4,5)23(26(22,6)7)30-20-14-8-17(16-27)9-15-20/h8-15,22-23H,1-7H3,(H,28,29). The predicted molar refractivity (Wildman–Crippen MR) is 120 cm³/mol. The number of amides is 1. The number of carbonyl (C=O) groups excluding carboxylic acids is 1. The summed E-state index contributed by atoms with van der Waals surface area (Å²) in [6.45, 7) is 15.0. The van der Waals surface area contributed by atoms with Crippen LogP contribution in [0.2, 0.25) is 0 Å². The Bertz CT molecular complexity index is 942. The first-order chi connectivity index (χ1) is 13.9. The van der Waals surface area contributed by atoms with E-state index < -0.39 is 0 Å². The molecule has 0 saturated heterocycles. The lowest BCUT2D eigenvalue weighted by molar-refractivity contribution is -0.164. The van der Waals surface area contributed by atoms with Gasteiger partial charge < -0.3 is 10.1 Å². The van der Waals surface area contributed by atoms with Crippen LogP contribution in [-0.2, 0) is 5.41 Å². The number of hydrogen-bond donors (Lipinski definition) is 1. The van der Waals surface area contributed by atoms with Gasteiger partial charge in [-0.3, -0.25) is 4.79 Å². The van der Waals surface area contributed by atoms with E-state index >= 15 is 0 Å². The maximum absolute atomic E-state index is 12.9. The van der Waals surface area contributed by atoms with Crippen molar-refractivity contribution in [1.29, 1.82) is 5.26 Å². The van der Waals surface area contributed by atoms with Crippen molar-refractivity contribution in [3.05, 3.63) is 65.2 Å². The summed E-state index contributed by atoms with van der Waals surface area (Å²) in [5, 5.41) is 12.2. The molecule has 158 valence electrons. The molecule has 0 heterocycles. The summed E-state index contributed by atoms with van der Waals surface area (Å²) in [6, 6.07) is 17.1. The molecule has 1 saturated carbocycles. The average molecular weight is 405 g/mol. The van der Waals surface area contributed by atoms with E-state index in [2.05, 4.69) is 59.9 Å². The Morgan fingerprint density at radius 1 is 0.967 bits per heavy atom. The Morgan fingerprint density at radius 2 is 1.50 bits per heavy atom. The molecule has 30 heavy (non-hydrogen) atoms. The number of carbonyl (C=O) groups is 1. The zero-order chi connectivity index (χ0) is 22.3. The van der Waals surface area contributed by atoms with Gasteiger partial charge in [-0.25, -0.2) is 0 Å². The Morgan fingerprint density at radius 3 is 1.97 bits per heavy atom. The second-order valence-corrected chi connectivity index (χ2v) is 10.5. The van der Waals surface area contributed by atoms with Crippen LogP contribution in [-0.4, -0.2) is 18.1 Å². The molecule has 3 rings (SSSR count). The molecule has 4 heteroatoms. The lowest BCUT2D eigenvalue weighted by Crippen LogP contribution is -2.74. The van der Waals surface area contributed by atoms with Gasteiger partial charge in [-0.1, -0.05) is 60.6 Å². The molecule has 0 radical (unpaired) electrons. The van der Waals surface area contributed by atoms with Gasteiger partial charge in [0, 0.05) is 22.4 Å². The highest BCUT2D eigenvalue weighted by atomic mass is 16.5. The normalized spacial score (nSPS) is 21.8. The third kappa shape index (κ3) is 3.94. The van der Waals surface area contributed by atoms with Crippen LogP contribution in [0.15, 0.2) is 48.5 Å². The van der Waals surface area contributed by atoms with E-state index in [-0.39, 0.29) is 34.3 Å². The zero-order valence-electron chi connectivity index (χ0n) is 19.0. The van der Waals surface area contributed by atoms with Crippen molar-refractivity contribution in [3.63, 3.8) is 0 Å². The molecular weight excluding hydrogens is 372 g/mol. The molecule has 1 aliphatic carbocycles. The van der Waals surface area contributed by atoms with Crippen molar-refractivity contribution < 1.29 is 9.53 Å². The molecule has 1 fully saturated rings. The second-order valence-electron chi connectivity index (χ2n) is 10.5. The van der Waals surface area contributed by atoms with E-state index in [9.17, 15) is 4.79 Å². The summed E-state index contributed by atoms with van der Waals surface area (Å²) in [5.74, 6) is 0.682. The summed E-state index contributed by atoms with van der Waals surface area (Å²) < 4.78 is 6.29. The fourth-order valence-corrected chi connectivity index (χ4v) is 4.88. The maximum Gasteiger partial charge on any atom is 0.251 e. The van der Waals surface area contributed by atoms with Gasteiger partial charge in [0.25, 0.3) is 5.91 Å². The van der Waals surface area contributed by atoms with Crippen LogP contribution in [0.5, 0.6) is 5.75 Å². The first kappa shape index (κ1) is 21.9. The molecule has 0 bridgehead atoms. The molecule has 4 nitrogen and oxygen atoms in total. The molecular formula is C26H32N2O2. The van der Waals surface area contributed by atoms with Crippen molar-refractivity contribution in [2.45, 2.75) is 66.0 Å². The fraction of sp³-hybridized carbons (Fsp3) is 0.462. The number of nitrogens with zero attached hydrogens (tertiary/aromatic N) is 1. The van der Waals surface area contributed by atoms with E-state index in [1.807, 2.05) is 36.4 Å². The number of nitriles is 1. The van der Waals surface area contributed by atoms with Crippen LogP contribution >= 0.6 is 0 Å². The molecule has 1 N–H and O–H groups in total. The molecule has 0 aromatic heterocycles. The van der Waals surface area contributed by atoms with Gasteiger partial charge in [-0.15, -0.1) is 0 Å². The number of nitrogens with one attached hydrogen (secondary N) is 1. The third-order valence-corrected chi connectivity index (χ3v) is 6.37. The topological polar surface area (TPSA) is 62.1 Å². The molecule has 2 aromatic rings. The summed E-state index contributed by atoms with van der Waals surface area (Å²) in [5.41, 5.74) is 2.07. The van der Waals surface area contributed by atoms with Gasteiger partial charge in [0.2, 0.25) is 0 Å². The quantitative estimate of drug-likeness (QED) is 0.735. The van der Waals surface area contributed by atoms with E-state index in [0.29, 0.717) is 11.1 Å². The molecule has 0 spiro atoms. The maximum atomic E-state index is 12.9. The van der Waals surface area contributed by atoms with Crippen LogP contribution in [0.1, 0.15) is 70.0 Å². The number of ether oxygens (including phenoxy) is 1.